The number of hydrogen-bond acceptors (Lipinski definition) is 5. The van der Waals surface area contributed by atoms with Gasteiger partial charge >= 0.3 is 0 Å². The predicted octanol–water partition coefficient (Wildman–Crippen LogP) is 5.65. The fourth-order valence-corrected chi connectivity index (χ4v) is 3.98. The average molecular weight is 422 g/mol. The zero-order valence-electron chi connectivity index (χ0n) is 16.6. The highest BCUT2D eigenvalue weighted by Crippen LogP contribution is 2.35. The van der Waals surface area contributed by atoms with E-state index in [-0.39, 0.29) is 0 Å². The first-order valence-electron chi connectivity index (χ1n) is 9.82. The highest BCUT2D eigenvalue weighted by atomic mass is 32.1. The smallest absolute Gasteiger partial charge is 0.207 e. The maximum atomic E-state index is 6.70. The van der Waals surface area contributed by atoms with Crippen LogP contribution in [0.2, 0.25) is 0 Å². The summed E-state index contributed by atoms with van der Waals surface area (Å²) in [5, 5.41) is 0.767. The van der Waals surface area contributed by atoms with E-state index in [2.05, 4.69) is 17.1 Å². The molecule has 3 aromatic carbocycles. The Morgan fingerprint density at radius 1 is 0.710 bits per heavy atom. The van der Waals surface area contributed by atoms with Crippen molar-refractivity contribution in [3.05, 3.63) is 95.8 Å². The van der Waals surface area contributed by atoms with Crippen molar-refractivity contribution in [2.24, 2.45) is 0 Å². The fraction of sp³-hybridized carbons (Fsp3) is 0. The molecule has 0 aliphatic rings. The molecule has 0 aliphatic carbocycles. The number of nitrogens with two attached hydrogens (primary N) is 2. The van der Waals surface area contributed by atoms with Crippen molar-refractivity contribution >= 4 is 34.8 Å². The lowest BCUT2D eigenvalue weighted by Gasteiger charge is -2.16. The van der Waals surface area contributed by atoms with E-state index in [1.54, 1.807) is 4.57 Å². The van der Waals surface area contributed by atoms with E-state index in [1.165, 1.54) is 0 Å². The summed E-state index contributed by atoms with van der Waals surface area (Å²) in [4.78, 5) is 9.47. The van der Waals surface area contributed by atoms with Crippen molar-refractivity contribution in [1.29, 1.82) is 0 Å². The molecule has 0 radical (unpaired) electrons. The van der Waals surface area contributed by atoms with Crippen molar-refractivity contribution in [2.45, 2.75) is 0 Å². The zero-order chi connectivity index (χ0) is 21.4. The van der Waals surface area contributed by atoms with Crippen LogP contribution in [-0.4, -0.2) is 14.5 Å². The van der Waals surface area contributed by atoms with Gasteiger partial charge in [0.05, 0.1) is 11.1 Å². The molecule has 4 N–H and O–H groups in total. The number of hydrogen-bond donors (Lipinski definition) is 2. The van der Waals surface area contributed by atoms with Gasteiger partial charge in [-0.25, -0.2) is 4.98 Å². The average Bonchev–Trinajstić information content (AvgIpc) is 2.80. The second kappa shape index (κ2) is 7.66. The Kier molecular flexibility index (Phi) is 4.69. The Hall–Kier alpha value is -4.03. The molecule has 2 heterocycles. The largest absolute Gasteiger partial charge is 0.399 e. The highest BCUT2D eigenvalue weighted by molar-refractivity contribution is 7.71. The number of nitrogen functional groups attached to an aromatic ring is 2. The summed E-state index contributed by atoms with van der Waals surface area (Å²) in [6, 6.07) is 29.5. The van der Waals surface area contributed by atoms with Crippen LogP contribution in [-0.2, 0) is 0 Å². The lowest BCUT2D eigenvalue weighted by Crippen LogP contribution is -2.09. The first kappa shape index (κ1) is 19.0. The van der Waals surface area contributed by atoms with Crippen LogP contribution in [0, 0.1) is 4.77 Å². The van der Waals surface area contributed by atoms with Gasteiger partial charge in [0.2, 0.25) is 4.77 Å². The van der Waals surface area contributed by atoms with Gasteiger partial charge in [0.25, 0.3) is 0 Å². The van der Waals surface area contributed by atoms with Gasteiger partial charge in [-0.3, -0.25) is 4.57 Å². The number of aromatic nitrogens is 3. The number of fused-ring (bicyclic) bond motifs is 1. The number of pyridine rings is 1. The first-order chi connectivity index (χ1) is 15.1. The van der Waals surface area contributed by atoms with Gasteiger partial charge in [0.15, 0.2) is 5.65 Å². The molecular weight excluding hydrogens is 402 g/mol. The van der Waals surface area contributed by atoms with E-state index in [4.69, 9.17) is 28.7 Å². The highest BCUT2D eigenvalue weighted by Gasteiger charge is 2.17. The second-order valence-electron chi connectivity index (χ2n) is 7.19. The van der Waals surface area contributed by atoms with Crippen LogP contribution in [0.5, 0.6) is 0 Å². The molecule has 5 rings (SSSR count). The number of para-hydroxylation sites is 1. The molecule has 150 valence electrons. The number of benzene rings is 3. The van der Waals surface area contributed by atoms with Crippen LogP contribution in [0.15, 0.2) is 91.0 Å². The molecule has 31 heavy (non-hydrogen) atoms. The molecule has 5 aromatic rings. The minimum absolute atomic E-state index is 0.358. The quantitative estimate of drug-likeness (QED) is 0.291. The van der Waals surface area contributed by atoms with Crippen LogP contribution in [0.4, 0.5) is 11.5 Å². The molecule has 2 aromatic heterocycles. The normalized spacial score (nSPS) is 11.0. The Morgan fingerprint density at radius 2 is 1.35 bits per heavy atom. The summed E-state index contributed by atoms with van der Waals surface area (Å²) in [6.45, 7) is 0. The molecule has 0 atom stereocenters. The summed E-state index contributed by atoms with van der Waals surface area (Å²) < 4.78 is 2.14. The van der Waals surface area contributed by atoms with Crippen molar-refractivity contribution in [3.63, 3.8) is 0 Å². The third-order valence-electron chi connectivity index (χ3n) is 5.20. The molecule has 0 amide bonds. The predicted molar refractivity (Wildman–Crippen MR) is 129 cm³/mol. The molecule has 0 unspecified atom stereocenters. The van der Waals surface area contributed by atoms with Crippen LogP contribution >= 0.6 is 12.2 Å². The summed E-state index contributed by atoms with van der Waals surface area (Å²) in [5.41, 5.74) is 18.3. The van der Waals surface area contributed by atoms with Crippen molar-refractivity contribution in [1.82, 2.24) is 14.5 Å². The third kappa shape index (κ3) is 3.43. The molecular formula is C25H19N5S. The van der Waals surface area contributed by atoms with Gasteiger partial charge in [0.1, 0.15) is 5.82 Å². The summed E-state index contributed by atoms with van der Waals surface area (Å²) >= 11 is 5.60. The minimum atomic E-state index is 0.358. The van der Waals surface area contributed by atoms with E-state index in [0.29, 0.717) is 21.9 Å². The van der Waals surface area contributed by atoms with Crippen molar-refractivity contribution < 1.29 is 0 Å². The van der Waals surface area contributed by atoms with Gasteiger partial charge in [-0.05, 0) is 53.7 Å². The van der Waals surface area contributed by atoms with Crippen molar-refractivity contribution in [3.8, 4) is 28.1 Å². The fourth-order valence-electron chi connectivity index (χ4n) is 3.69. The molecule has 0 saturated heterocycles. The second-order valence-corrected chi connectivity index (χ2v) is 7.56. The van der Waals surface area contributed by atoms with Crippen LogP contribution in [0.1, 0.15) is 0 Å². The standard InChI is InChI=1S/C25H19N5S/c26-18-13-11-17(12-14-18)21-15-20(16-7-3-1-4-8-16)22-23(27)30(19-9-5-2-6-10-19)25(31)29-24(22)28-21/h1-15H,26-27H2. The molecule has 5 nitrogen and oxygen atoms in total. The van der Waals surface area contributed by atoms with E-state index in [0.717, 1.165) is 33.5 Å². The van der Waals surface area contributed by atoms with Gasteiger partial charge in [0, 0.05) is 16.9 Å². The number of rotatable bonds is 3. The zero-order valence-corrected chi connectivity index (χ0v) is 17.4. The Bertz CT molecular complexity index is 1440. The lowest BCUT2D eigenvalue weighted by atomic mass is 9.99. The van der Waals surface area contributed by atoms with Crippen LogP contribution in [0.25, 0.3) is 39.1 Å². The van der Waals surface area contributed by atoms with Gasteiger partial charge in [-0.1, -0.05) is 60.7 Å². The van der Waals surface area contributed by atoms with Crippen LogP contribution in [0.3, 0.4) is 0 Å². The molecule has 0 fully saturated rings. The summed E-state index contributed by atoms with van der Waals surface area (Å²) in [5.74, 6) is 0.511. The Morgan fingerprint density at radius 3 is 2.03 bits per heavy atom. The maximum Gasteiger partial charge on any atom is 0.207 e. The van der Waals surface area contributed by atoms with Gasteiger partial charge in [-0.2, -0.15) is 4.98 Å². The minimum Gasteiger partial charge on any atom is -0.399 e. The summed E-state index contributed by atoms with van der Waals surface area (Å²) in [7, 11) is 0. The molecule has 0 spiro atoms. The van der Waals surface area contributed by atoms with E-state index in [9.17, 15) is 0 Å². The molecule has 6 heteroatoms. The van der Waals surface area contributed by atoms with Crippen LogP contribution < -0.4 is 11.5 Å². The molecule has 0 saturated carbocycles. The van der Waals surface area contributed by atoms with E-state index < -0.39 is 0 Å². The SMILES string of the molecule is Nc1ccc(-c2cc(-c3ccccc3)c3c(N)n(-c4ccccc4)c(=S)nc3n2)cc1. The molecule has 0 aliphatic heterocycles. The van der Waals surface area contributed by atoms with Gasteiger partial charge < -0.3 is 11.5 Å². The summed E-state index contributed by atoms with van der Waals surface area (Å²) in [6.07, 6.45) is 0. The lowest BCUT2D eigenvalue weighted by molar-refractivity contribution is 0.987. The maximum absolute atomic E-state index is 6.70. The Balaban J connectivity index is 1.86. The number of anilines is 2. The third-order valence-corrected chi connectivity index (χ3v) is 5.47. The Labute approximate surface area is 184 Å². The number of nitrogens with zero attached hydrogens (tertiary/aromatic N) is 3. The van der Waals surface area contributed by atoms with E-state index in [1.807, 2.05) is 78.9 Å². The first-order valence-corrected chi connectivity index (χ1v) is 10.2. The topological polar surface area (TPSA) is 82.8 Å². The van der Waals surface area contributed by atoms with Crippen molar-refractivity contribution in [2.75, 3.05) is 11.5 Å². The monoisotopic (exact) mass is 421 g/mol. The van der Waals surface area contributed by atoms with Gasteiger partial charge in [-0.15, -0.1) is 0 Å². The van der Waals surface area contributed by atoms with E-state index >= 15 is 0 Å². The molecule has 0 bridgehead atoms.